The number of fused-ring (bicyclic) bond motifs is 1. The van der Waals surface area contributed by atoms with Crippen LogP contribution in [0.3, 0.4) is 0 Å². The molecule has 1 aliphatic rings. The lowest BCUT2D eigenvalue weighted by molar-refractivity contribution is 0.193. The molecule has 0 bridgehead atoms. The summed E-state index contributed by atoms with van der Waals surface area (Å²) in [5.41, 5.74) is 5.03. The van der Waals surface area contributed by atoms with Crippen molar-refractivity contribution in [2.24, 2.45) is 0 Å². The van der Waals surface area contributed by atoms with Gasteiger partial charge in [-0.3, -0.25) is 4.98 Å². The van der Waals surface area contributed by atoms with E-state index in [1.54, 1.807) is 10.7 Å². The zero-order chi connectivity index (χ0) is 23.5. The first-order valence-electron chi connectivity index (χ1n) is 11.7. The zero-order valence-corrected chi connectivity index (χ0v) is 19.4. The summed E-state index contributed by atoms with van der Waals surface area (Å²) in [6, 6.07) is 14.4. The predicted octanol–water partition coefficient (Wildman–Crippen LogP) is 3.06. The Kier molecular flexibility index (Phi) is 6.37. The van der Waals surface area contributed by atoms with E-state index in [0.29, 0.717) is 37.4 Å². The normalized spacial score (nSPS) is 18.0. The Morgan fingerprint density at radius 2 is 1.97 bits per heavy atom. The zero-order valence-electron chi connectivity index (χ0n) is 19.4. The smallest absolute Gasteiger partial charge is 0.229 e. The van der Waals surface area contributed by atoms with Gasteiger partial charge in [-0.1, -0.05) is 44.2 Å². The molecule has 1 aliphatic heterocycles. The number of benzene rings is 1. The number of hydrogen-bond acceptors (Lipinski definition) is 8. The van der Waals surface area contributed by atoms with Crippen LogP contribution >= 0.6 is 0 Å². The maximum Gasteiger partial charge on any atom is 0.229 e. The van der Waals surface area contributed by atoms with Gasteiger partial charge in [0.25, 0.3) is 0 Å². The lowest BCUT2D eigenvalue weighted by atomic mass is 10.1. The summed E-state index contributed by atoms with van der Waals surface area (Å²) in [7, 11) is 0. The number of hydrogen-bond donors (Lipinski definition) is 4. The van der Waals surface area contributed by atoms with E-state index >= 15 is 0 Å². The molecule has 0 spiro atoms. The van der Waals surface area contributed by atoms with Crippen LogP contribution in [-0.2, 0) is 6.54 Å². The Morgan fingerprint density at radius 3 is 2.68 bits per heavy atom. The minimum atomic E-state index is -0.293. The number of anilines is 2. The van der Waals surface area contributed by atoms with Gasteiger partial charge >= 0.3 is 0 Å². The summed E-state index contributed by atoms with van der Waals surface area (Å²) in [4.78, 5) is 13.9. The third-order valence-corrected chi connectivity index (χ3v) is 6.09. The number of pyridine rings is 1. The molecule has 1 aromatic carbocycles. The van der Waals surface area contributed by atoms with Crippen LogP contribution in [0.15, 0.2) is 54.9 Å². The van der Waals surface area contributed by atoms with Crippen molar-refractivity contribution in [3.05, 3.63) is 66.0 Å². The minimum Gasteiger partial charge on any atom is -0.392 e. The molecule has 5 rings (SSSR count). The molecule has 1 saturated heterocycles. The lowest BCUT2D eigenvalue weighted by Gasteiger charge is -2.14. The minimum absolute atomic E-state index is 0.193. The first-order chi connectivity index (χ1) is 16.6. The highest BCUT2D eigenvalue weighted by Crippen LogP contribution is 2.23. The van der Waals surface area contributed by atoms with E-state index in [-0.39, 0.29) is 12.1 Å². The molecule has 2 unspecified atom stereocenters. The Balaban J connectivity index is 1.35. The van der Waals surface area contributed by atoms with Crippen molar-refractivity contribution in [1.82, 2.24) is 29.9 Å². The van der Waals surface area contributed by atoms with Crippen LogP contribution in [0.5, 0.6) is 0 Å². The molecule has 1 fully saturated rings. The third kappa shape index (κ3) is 4.85. The van der Waals surface area contributed by atoms with E-state index < -0.39 is 0 Å². The van der Waals surface area contributed by atoms with Gasteiger partial charge in [-0.2, -0.15) is 19.6 Å². The molecular formula is C25H30N8O. The van der Waals surface area contributed by atoms with E-state index in [0.717, 1.165) is 34.5 Å². The molecule has 4 N–H and O–H groups in total. The average molecular weight is 459 g/mol. The van der Waals surface area contributed by atoms with Gasteiger partial charge in [-0.05, 0) is 30.0 Å². The summed E-state index contributed by atoms with van der Waals surface area (Å²) >= 11 is 0. The molecule has 0 radical (unpaired) electrons. The largest absolute Gasteiger partial charge is 0.392 e. The van der Waals surface area contributed by atoms with Crippen molar-refractivity contribution < 1.29 is 5.11 Å². The van der Waals surface area contributed by atoms with Crippen LogP contribution in [-0.4, -0.2) is 54.9 Å². The molecule has 4 heterocycles. The highest BCUT2D eigenvalue weighted by Gasteiger charge is 2.22. The molecule has 4 aromatic rings. The fraction of sp³-hybridized carbons (Fsp3) is 0.360. The molecule has 9 nitrogen and oxygen atoms in total. The van der Waals surface area contributed by atoms with Gasteiger partial charge in [0.15, 0.2) is 5.65 Å². The topological polar surface area (TPSA) is 112 Å². The molecule has 9 heteroatoms. The monoisotopic (exact) mass is 458 g/mol. The summed E-state index contributed by atoms with van der Waals surface area (Å²) in [5, 5.41) is 24.4. The maximum atomic E-state index is 9.77. The van der Waals surface area contributed by atoms with Gasteiger partial charge in [-0.25, -0.2) is 0 Å². The van der Waals surface area contributed by atoms with Crippen molar-refractivity contribution in [3.63, 3.8) is 0 Å². The Bertz CT molecular complexity index is 1240. The van der Waals surface area contributed by atoms with Gasteiger partial charge < -0.3 is 21.1 Å². The number of aliphatic hydroxyl groups is 1. The highest BCUT2D eigenvalue weighted by atomic mass is 16.3. The van der Waals surface area contributed by atoms with E-state index in [9.17, 15) is 5.11 Å². The van der Waals surface area contributed by atoms with Crippen LogP contribution in [0.25, 0.3) is 16.9 Å². The van der Waals surface area contributed by atoms with Crippen molar-refractivity contribution >= 4 is 17.5 Å². The standard InChI is InChI=1S/C25H30N8O/c1-16(2)21-15-30-33-23(21)31-24(28-13-19-11-20(34)14-27-19)32-25(33)29-12-17-6-8-18(9-7-17)22-5-3-4-10-26-22/h3-10,15-16,19-20,27,34H,11-14H2,1-2H3,(H2,28,29,31,32). The second kappa shape index (κ2) is 9.74. The van der Waals surface area contributed by atoms with Crippen LogP contribution in [0.2, 0.25) is 0 Å². The molecule has 3 aromatic heterocycles. The Morgan fingerprint density at radius 1 is 1.12 bits per heavy atom. The van der Waals surface area contributed by atoms with Crippen LogP contribution in [0.4, 0.5) is 11.9 Å². The van der Waals surface area contributed by atoms with Crippen LogP contribution in [0.1, 0.15) is 37.3 Å². The number of nitrogens with one attached hydrogen (secondary N) is 3. The van der Waals surface area contributed by atoms with Crippen molar-refractivity contribution in [3.8, 4) is 11.3 Å². The van der Waals surface area contributed by atoms with E-state index in [1.807, 2.05) is 24.4 Å². The van der Waals surface area contributed by atoms with Gasteiger partial charge in [0, 0.05) is 43.0 Å². The highest BCUT2D eigenvalue weighted by molar-refractivity contribution is 5.59. The number of β-amino-alcohol motifs (C(OH)–C–C–N with tert-alkyl or cyclic N) is 1. The molecule has 34 heavy (non-hydrogen) atoms. The summed E-state index contributed by atoms with van der Waals surface area (Å²) in [6.07, 6.45) is 4.09. The summed E-state index contributed by atoms with van der Waals surface area (Å²) in [6.45, 7) is 6.13. The average Bonchev–Trinajstić information content (AvgIpc) is 3.48. The third-order valence-electron chi connectivity index (χ3n) is 6.09. The Hall–Kier alpha value is -3.56. The van der Waals surface area contributed by atoms with Crippen LogP contribution < -0.4 is 16.0 Å². The molecule has 0 aliphatic carbocycles. The van der Waals surface area contributed by atoms with Crippen LogP contribution in [0, 0.1) is 0 Å². The fourth-order valence-electron chi connectivity index (χ4n) is 4.17. The number of nitrogens with zero attached hydrogens (tertiary/aromatic N) is 5. The number of aliphatic hydroxyl groups excluding tert-OH is 1. The maximum absolute atomic E-state index is 9.77. The lowest BCUT2D eigenvalue weighted by Crippen LogP contribution is -2.30. The van der Waals surface area contributed by atoms with Crippen molar-refractivity contribution in [1.29, 1.82) is 0 Å². The molecule has 2 atom stereocenters. The molecule has 0 saturated carbocycles. The first-order valence-corrected chi connectivity index (χ1v) is 11.7. The summed E-state index contributed by atoms with van der Waals surface area (Å²) < 4.78 is 1.76. The SMILES string of the molecule is CC(C)c1cnn2c(NCc3ccc(-c4ccccn4)cc3)nc(NCC3CC(O)CN3)nc12. The Labute approximate surface area is 198 Å². The van der Waals surface area contributed by atoms with Crippen molar-refractivity contribution in [2.75, 3.05) is 23.7 Å². The predicted molar refractivity (Wildman–Crippen MR) is 133 cm³/mol. The summed E-state index contributed by atoms with van der Waals surface area (Å²) in [5.74, 6) is 1.47. The molecular weight excluding hydrogens is 428 g/mol. The quantitative estimate of drug-likeness (QED) is 0.319. The van der Waals surface area contributed by atoms with E-state index in [1.165, 1.54) is 0 Å². The molecule has 176 valence electrons. The van der Waals surface area contributed by atoms with Gasteiger partial charge in [-0.15, -0.1) is 0 Å². The number of rotatable bonds is 8. The van der Waals surface area contributed by atoms with Crippen molar-refractivity contribution in [2.45, 2.75) is 44.9 Å². The molecule has 0 amide bonds. The van der Waals surface area contributed by atoms with Gasteiger partial charge in [0.05, 0.1) is 18.0 Å². The second-order valence-electron chi connectivity index (χ2n) is 9.00. The second-order valence-corrected chi connectivity index (χ2v) is 9.00. The first kappa shape index (κ1) is 22.2. The van der Waals surface area contributed by atoms with Gasteiger partial charge in [0.1, 0.15) is 0 Å². The number of aromatic nitrogens is 5. The fourth-order valence-corrected chi connectivity index (χ4v) is 4.17. The van der Waals surface area contributed by atoms with Gasteiger partial charge in [0.2, 0.25) is 11.9 Å². The van der Waals surface area contributed by atoms with E-state index in [2.05, 4.69) is 64.1 Å². The van der Waals surface area contributed by atoms with E-state index in [4.69, 9.17) is 9.97 Å².